The molecule has 1 aromatic carbocycles. The highest BCUT2D eigenvalue weighted by Gasteiger charge is 2.13. The molecule has 0 unspecified atom stereocenters. The van der Waals surface area contributed by atoms with Crippen molar-refractivity contribution in [3.63, 3.8) is 0 Å². The van der Waals surface area contributed by atoms with Crippen LogP contribution in [0.3, 0.4) is 0 Å². The summed E-state index contributed by atoms with van der Waals surface area (Å²) in [4.78, 5) is 17.3. The molecule has 0 N–H and O–H groups in total. The van der Waals surface area contributed by atoms with E-state index in [1.54, 1.807) is 6.20 Å². The highest BCUT2D eigenvalue weighted by Crippen LogP contribution is 2.24. The minimum Gasteiger partial charge on any atom is -0.465 e. The molecule has 0 amide bonds. The predicted octanol–water partition coefficient (Wildman–Crippen LogP) is 3.16. The van der Waals surface area contributed by atoms with Gasteiger partial charge in [-0.3, -0.25) is 4.40 Å². The van der Waals surface area contributed by atoms with E-state index in [2.05, 4.69) is 24.0 Å². The number of hydrogen-bond acceptors (Lipinski definition) is 4. The smallest absolute Gasteiger partial charge is 0.349 e. The quantitative estimate of drug-likeness (QED) is 0.673. The largest absolute Gasteiger partial charge is 0.465 e. The van der Waals surface area contributed by atoms with Crippen molar-refractivity contribution in [1.82, 2.24) is 9.38 Å². The maximum Gasteiger partial charge on any atom is 0.349 e. The third-order valence-electron chi connectivity index (χ3n) is 2.89. The molecule has 19 heavy (non-hydrogen) atoms. The minimum atomic E-state index is -0.326. The van der Waals surface area contributed by atoms with Crippen LogP contribution < -0.4 is 0 Å². The second kappa shape index (κ2) is 4.51. The van der Waals surface area contributed by atoms with E-state index in [9.17, 15) is 4.79 Å². The molecule has 0 aliphatic heterocycles. The molecule has 0 aliphatic carbocycles. The highest BCUT2D eigenvalue weighted by atomic mass is 32.1. The third-order valence-corrected chi connectivity index (χ3v) is 3.87. The fourth-order valence-corrected chi connectivity index (χ4v) is 2.74. The lowest BCUT2D eigenvalue weighted by Gasteiger charge is -1.96. The zero-order chi connectivity index (χ0) is 13.4. The molecule has 2 aromatic heterocycles. The van der Waals surface area contributed by atoms with Crippen molar-refractivity contribution >= 4 is 22.3 Å². The van der Waals surface area contributed by atoms with Gasteiger partial charge in [-0.25, -0.2) is 9.78 Å². The molecule has 2 heterocycles. The van der Waals surface area contributed by atoms with Gasteiger partial charge >= 0.3 is 5.97 Å². The highest BCUT2D eigenvalue weighted by molar-refractivity contribution is 7.18. The maximum absolute atomic E-state index is 11.4. The van der Waals surface area contributed by atoms with Gasteiger partial charge in [0.1, 0.15) is 4.88 Å². The molecule has 0 aliphatic rings. The Morgan fingerprint density at radius 1 is 1.26 bits per heavy atom. The SMILES string of the molecule is COC(=O)c1cn2cc(-c3ccc(C)cc3)nc2s1. The number of nitrogens with zero attached hydrogens (tertiary/aromatic N) is 2. The molecule has 0 bridgehead atoms. The van der Waals surface area contributed by atoms with Gasteiger partial charge in [0.15, 0.2) is 4.96 Å². The average Bonchev–Trinajstić information content (AvgIpc) is 2.97. The van der Waals surface area contributed by atoms with Crippen LogP contribution >= 0.6 is 11.3 Å². The van der Waals surface area contributed by atoms with Gasteiger partial charge in [0, 0.05) is 18.0 Å². The summed E-state index contributed by atoms with van der Waals surface area (Å²) in [6.07, 6.45) is 3.67. The molecular formula is C14H12N2O2S. The summed E-state index contributed by atoms with van der Waals surface area (Å²) in [6.45, 7) is 2.05. The molecule has 3 rings (SSSR count). The van der Waals surface area contributed by atoms with Gasteiger partial charge in [-0.1, -0.05) is 41.2 Å². The topological polar surface area (TPSA) is 43.6 Å². The number of hydrogen-bond donors (Lipinski definition) is 0. The van der Waals surface area contributed by atoms with Crippen molar-refractivity contribution in [1.29, 1.82) is 0 Å². The summed E-state index contributed by atoms with van der Waals surface area (Å²) in [5.74, 6) is -0.326. The third kappa shape index (κ3) is 2.13. The summed E-state index contributed by atoms with van der Waals surface area (Å²) < 4.78 is 6.55. The van der Waals surface area contributed by atoms with Crippen LogP contribution in [0.1, 0.15) is 15.2 Å². The van der Waals surface area contributed by atoms with Crippen LogP contribution in [0.5, 0.6) is 0 Å². The number of imidazole rings is 1. The van der Waals surface area contributed by atoms with Crippen molar-refractivity contribution in [2.75, 3.05) is 7.11 Å². The molecule has 0 saturated carbocycles. The number of fused-ring (bicyclic) bond motifs is 1. The Balaban J connectivity index is 2.01. The average molecular weight is 272 g/mol. The second-order valence-electron chi connectivity index (χ2n) is 4.27. The molecule has 0 fully saturated rings. The fourth-order valence-electron chi connectivity index (χ4n) is 1.85. The van der Waals surface area contributed by atoms with E-state index >= 15 is 0 Å². The van der Waals surface area contributed by atoms with Crippen LogP contribution in [-0.2, 0) is 4.74 Å². The number of esters is 1. The maximum atomic E-state index is 11.4. The number of thiazole rings is 1. The van der Waals surface area contributed by atoms with Gasteiger partial charge in [-0.15, -0.1) is 0 Å². The van der Waals surface area contributed by atoms with Crippen molar-refractivity contribution < 1.29 is 9.53 Å². The Morgan fingerprint density at radius 2 is 2.00 bits per heavy atom. The molecule has 0 saturated heterocycles. The Hall–Kier alpha value is -2.14. The lowest BCUT2D eigenvalue weighted by Crippen LogP contribution is -1.97. The number of carbonyl (C=O) groups is 1. The Labute approximate surface area is 114 Å². The van der Waals surface area contributed by atoms with E-state index in [1.165, 1.54) is 24.0 Å². The van der Waals surface area contributed by atoms with E-state index in [-0.39, 0.29) is 5.97 Å². The van der Waals surface area contributed by atoms with Gasteiger partial charge in [0.2, 0.25) is 0 Å². The van der Waals surface area contributed by atoms with E-state index in [0.29, 0.717) is 4.88 Å². The predicted molar refractivity (Wildman–Crippen MR) is 74.6 cm³/mol. The first-order chi connectivity index (χ1) is 9.17. The summed E-state index contributed by atoms with van der Waals surface area (Å²) in [5.41, 5.74) is 3.20. The lowest BCUT2D eigenvalue weighted by atomic mass is 10.1. The minimum absolute atomic E-state index is 0.326. The van der Waals surface area contributed by atoms with Crippen molar-refractivity contribution in [3.8, 4) is 11.3 Å². The molecule has 3 aromatic rings. The first-order valence-electron chi connectivity index (χ1n) is 5.81. The normalized spacial score (nSPS) is 10.8. The van der Waals surface area contributed by atoms with Gasteiger partial charge in [0.05, 0.1) is 12.8 Å². The van der Waals surface area contributed by atoms with Gasteiger partial charge in [-0.05, 0) is 6.92 Å². The number of methoxy groups -OCH3 is 1. The summed E-state index contributed by atoms with van der Waals surface area (Å²) >= 11 is 1.33. The number of aryl methyl sites for hydroxylation is 1. The standard InChI is InChI=1S/C14H12N2O2S/c1-9-3-5-10(6-4-9)11-7-16-8-12(13(17)18-2)19-14(16)15-11/h3-8H,1-2H3. The fraction of sp³-hybridized carbons (Fsp3) is 0.143. The molecular weight excluding hydrogens is 260 g/mol. The van der Waals surface area contributed by atoms with E-state index < -0.39 is 0 Å². The molecule has 0 spiro atoms. The van der Waals surface area contributed by atoms with Crippen LogP contribution in [0.2, 0.25) is 0 Å². The number of benzene rings is 1. The van der Waals surface area contributed by atoms with Crippen LogP contribution in [0.4, 0.5) is 0 Å². The number of rotatable bonds is 2. The van der Waals surface area contributed by atoms with Gasteiger partial charge in [0.25, 0.3) is 0 Å². The zero-order valence-electron chi connectivity index (χ0n) is 10.6. The lowest BCUT2D eigenvalue weighted by molar-refractivity contribution is 0.0606. The number of carbonyl (C=O) groups excluding carboxylic acids is 1. The van der Waals surface area contributed by atoms with Crippen LogP contribution in [0.15, 0.2) is 36.7 Å². The zero-order valence-corrected chi connectivity index (χ0v) is 11.4. The molecule has 4 nitrogen and oxygen atoms in total. The van der Waals surface area contributed by atoms with Gasteiger partial charge in [-0.2, -0.15) is 0 Å². The summed E-state index contributed by atoms with van der Waals surface area (Å²) in [7, 11) is 1.38. The summed E-state index contributed by atoms with van der Waals surface area (Å²) in [6, 6.07) is 8.21. The van der Waals surface area contributed by atoms with Crippen LogP contribution in [0, 0.1) is 6.92 Å². The van der Waals surface area contributed by atoms with Crippen molar-refractivity contribution in [2.45, 2.75) is 6.92 Å². The number of aromatic nitrogens is 2. The first-order valence-corrected chi connectivity index (χ1v) is 6.63. The Kier molecular flexibility index (Phi) is 2.83. The molecule has 5 heteroatoms. The summed E-state index contributed by atoms with van der Waals surface area (Å²) in [5, 5.41) is 0. The number of ether oxygens (including phenoxy) is 1. The molecule has 0 atom stereocenters. The van der Waals surface area contributed by atoms with Gasteiger partial charge < -0.3 is 4.74 Å². The van der Waals surface area contributed by atoms with E-state index in [4.69, 9.17) is 4.74 Å². The van der Waals surface area contributed by atoms with E-state index in [0.717, 1.165) is 16.2 Å². The second-order valence-corrected chi connectivity index (χ2v) is 5.28. The molecule has 96 valence electrons. The van der Waals surface area contributed by atoms with Crippen LogP contribution in [0.25, 0.3) is 16.2 Å². The molecule has 0 radical (unpaired) electrons. The van der Waals surface area contributed by atoms with Crippen LogP contribution in [-0.4, -0.2) is 22.5 Å². The Morgan fingerprint density at radius 3 is 2.63 bits per heavy atom. The Bertz CT molecular complexity index is 709. The van der Waals surface area contributed by atoms with Crippen molar-refractivity contribution in [3.05, 3.63) is 47.1 Å². The first kappa shape index (κ1) is 11.9. The monoisotopic (exact) mass is 272 g/mol. The van der Waals surface area contributed by atoms with Crippen molar-refractivity contribution in [2.24, 2.45) is 0 Å². The van der Waals surface area contributed by atoms with E-state index in [1.807, 2.05) is 22.7 Å².